The Morgan fingerprint density at radius 3 is 1.79 bits per heavy atom. The van der Waals surface area contributed by atoms with Crippen molar-refractivity contribution in [3.05, 3.63) is 132 Å². The average Bonchev–Trinajstić information content (AvgIpc) is 3.16. The summed E-state index contributed by atoms with van der Waals surface area (Å²) >= 11 is 0. The lowest BCUT2D eigenvalue weighted by molar-refractivity contribution is 0.560. The van der Waals surface area contributed by atoms with Crippen LogP contribution in [0.15, 0.2) is 121 Å². The number of benzene rings is 5. The van der Waals surface area contributed by atoms with Gasteiger partial charge in [-0.15, -0.1) is 0 Å². The van der Waals surface area contributed by atoms with Crippen molar-refractivity contribution >= 4 is 11.4 Å². The molecule has 0 N–H and O–H groups in total. The molecule has 38 heavy (non-hydrogen) atoms. The molecule has 0 radical (unpaired) electrons. The van der Waals surface area contributed by atoms with E-state index in [1.54, 1.807) is 0 Å². The minimum atomic E-state index is -0.137. The van der Waals surface area contributed by atoms with Crippen molar-refractivity contribution in [3.8, 4) is 33.4 Å². The van der Waals surface area contributed by atoms with Gasteiger partial charge in [-0.05, 0) is 84.0 Å². The zero-order chi connectivity index (χ0) is 26.5. The molecule has 0 aromatic heterocycles. The van der Waals surface area contributed by atoms with Crippen LogP contribution in [0.25, 0.3) is 33.4 Å². The second-order valence-corrected chi connectivity index (χ2v) is 11.9. The number of hydrogen-bond donors (Lipinski definition) is 0. The maximum atomic E-state index is 2.52. The Morgan fingerprint density at radius 2 is 1.11 bits per heavy atom. The molecular weight excluding hydrogens is 458 g/mol. The Balaban J connectivity index is 1.55. The summed E-state index contributed by atoms with van der Waals surface area (Å²) in [5, 5.41) is 0. The summed E-state index contributed by atoms with van der Waals surface area (Å²) in [5.41, 5.74) is 12.7. The fourth-order valence-electron chi connectivity index (χ4n) is 6.11. The highest BCUT2D eigenvalue weighted by molar-refractivity contribution is 5.89. The third kappa shape index (κ3) is 4.03. The summed E-state index contributed by atoms with van der Waals surface area (Å²) in [4.78, 5) is 2.52. The molecule has 0 aliphatic heterocycles. The van der Waals surface area contributed by atoms with Gasteiger partial charge in [0.25, 0.3) is 0 Å². The second-order valence-electron chi connectivity index (χ2n) is 11.9. The van der Waals surface area contributed by atoms with E-state index in [9.17, 15) is 0 Å². The van der Waals surface area contributed by atoms with Crippen LogP contribution in [0.3, 0.4) is 0 Å². The lowest BCUT2D eigenvalue weighted by atomic mass is 9.82. The molecular formula is C37H35N. The molecule has 0 fully saturated rings. The van der Waals surface area contributed by atoms with Gasteiger partial charge in [0.1, 0.15) is 0 Å². The van der Waals surface area contributed by atoms with Crippen LogP contribution in [-0.2, 0) is 5.41 Å². The topological polar surface area (TPSA) is 3.24 Å². The summed E-state index contributed by atoms with van der Waals surface area (Å²) in [7, 11) is 0. The maximum Gasteiger partial charge on any atom is 0.0495 e. The van der Waals surface area contributed by atoms with E-state index in [2.05, 4.69) is 161 Å². The standard InChI is InChI=1S/C37H35N/c1-36(2,3)38(29-21-22-31-30-18-12-13-19-33(30)37(4,5)34(31)25-29)35-23-20-28(26-14-8-6-9-15-26)24-32(35)27-16-10-7-11-17-27/h6-25H,1-5H3. The van der Waals surface area contributed by atoms with Gasteiger partial charge in [0.2, 0.25) is 0 Å². The van der Waals surface area contributed by atoms with E-state index in [1.807, 2.05) is 0 Å². The minimum absolute atomic E-state index is 0.0368. The Hall–Kier alpha value is -4.10. The molecule has 5 aromatic rings. The smallest absolute Gasteiger partial charge is 0.0495 e. The van der Waals surface area contributed by atoms with Crippen molar-refractivity contribution in [1.29, 1.82) is 0 Å². The normalized spacial score (nSPS) is 13.6. The highest BCUT2D eigenvalue weighted by atomic mass is 15.2. The SMILES string of the molecule is CC1(C)c2ccccc2-c2ccc(N(c3ccc(-c4ccccc4)cc3-c3ccccc3)C(C)(C)C)cc21. The molecule has 1 aliphatic rings. The van der Waals surface area contributed by atoms with E-state index in [1.165, 1.54) is 55.9 Å². The first kappa shape index (κ1) is 24.2. The fraction of sp³-hybridized carbons (Fsp3) is 0.189. The van der Waals surface area contributed by atoms with E-state index in [-0.39, 0.29) is 11.0 Å². The van der Waals surface area contributed by atoms with Crippen LogP contribution in [0.4, 0.5) is 11.4 Å². The summed E-state index contributed by atoms with van der Waals surface area (Å²) < 4.78 is 0. The Kier molecular flexibility index (Phi) is 5.76. The first-order chi connectivity index (χ1) is 18.2. The zero-order valence-corrected chi connectivity index (χ0v) is 23.0. The predicted molar refractivity (Wildman–Crippen MR) is 163 cm³/mol. The first-order valence-corrected chi connectivity index (χ1v) is 13.5. The van der Waals surface area contributed by atoms with Crippen LogP contribution >= 0.6 is 0 Å². The number of rotatable bonds is 4. The fourth-order valence-corrected chi connectivity index (χ4v) is 6.11. The summed E-state index contributed by atoms with van der Waals surface area (Å²) in [5.74, 6) is 0. The molecule has 0 unspecified atom stereocenters. The van der Waals surface area contributed by atoms with Gasteiger partial charge in [-0.25, -0.2) is 0 Å². The molecule has 1 aliphatic carbocycles. The molecule has 0 heterocycles. The number of hydrogen-bond acceptors (Lipinski definition) is 1. The molecule has 6 rings (SSSR count). The van der Waals surface area contributed by atoms with Crippen LogP contribution in [0.2, 0.25) is 0 Å². The number of anilines is 2. The Labute approximate surface area is 227 Å². The third-order valence-corrected chi connectivity index (χ3v) is 7.93. The molecule has 5 aromatic carbocycles. The molecule has 0 saturated carbocycles. The van der Waals surface area contributed by atoms with E-state index in [4.69, 9.17) is 0 Å². The molecule has 0 spiro atoms. The average molecular weight is 494 g/mol. The summed E-state index contributed by atoms with van der Waals surface area (Å²) in [6, 6.07) is 44.3. The van der Waals surface area contributed by atoms with Gasteiger partial charge in [0.15, 0.2) is 0 Å². The van der Waals surface area contributed by atoms with Crippen molar-refractivity contribution < 1.29 is 0 Å². The van der Waals surface area contributed by atoms with Gasteiger partial charge < -0.3 is 4.90 Å². The van der Waals surface area contributed by atoms with Gasteiger partial charge in [0, 0.05) is 27.9 Å². The van der Waals surface area contributed by atoms with E-state index in [0.717, 1.165) is 0 Å². The number of nitrogens with zero attached hydrogens (tertiary/aromatic N) is 1. The lowest BCUT2D eigenvalue weighted by Gasteiger charge is -2.40. The monoisotopic (exact) mass is 493 g/mol. The highest BCUT2D eigenvalue weighted by Gasteiger charge is 2.36. The molecule has 1 heteroatoms. The van der Waals surface area contributed by atoms with Crippen molar-refractivity contribution in [2.45, 2.75) is 45.6 Å². The van der Waals surface area contributed by atoms with Gasteiger partial charge in [-0.2, -0.15) is 0 Å². The van der Waals surface area contributed by atoms with Crippen LogP contribution in [-0.4, -0.2) is 5.54 Å². The van der Waals surface area contributed by atoms with Crippen LogP contribution in [0.5, 0.6) is 0 Å². The van der Waals surface area contributed by atoms with Crippen LogP contribution in [0, 0.1) is 0 Å². The van der Waals surface area contributed by atoms with Gasteiger partial charge in [-0.3, -0.25) is 0 Å². The summed E-state index contributed by atoms with van der Waals surface area (Å²) in [6.45, 7) is 11.6. The molecule has 0 amide bonds. The minimum Gasteiger partial charge on any atom is -0.336 e. The van der Waals surface area contributed by atoms with Crippen molar-refractivity contribution in [3.63, 3.8) is 0 Å². The van der Waals surface area contributed by atoms with E-state index >= 15 is 0 Å². The van der Waals surface area contributed by atoms with E-state index in [0.29, 0.717) is 0 Å². The van der Waals surface area contributed by atoms with Gasteiger partial charge in [0.05, 0.1) is 0 Å². The predicted octanol–water partition coefficient (Wildman–Crippen LogP) is 10.3. The quantitative estimate of drug-likeness (QED) is 0.241. The van der Waals surface area contributed by atoms with Crippen LogP contribution in [0.1, 0.15) is 45.7 Å². The molecule has 0 bridgehead atoms. The number of fused-ring (bicyclic) bond motifs is 3. The van der Waals surface area contributed by atoms with Crippen LogP contribution < -0.4 is 4.90 Å². The van der Waals surface area contributed by atoms with Crippen molar-refractivity contribution in [2.75, 3.05) is 4.90 Å². The lowest BCUT2D eigenvalue weighted by Crippen LogP contribution is -2.38. The Morgan fingerprint density at radius 1 is 0.500 bits per heavy atom. The van der Waals surface area contributed by atoms with Crippen molar-refractivity contribution in [2.24, 2.45) is 0 Å². The van der Waals surface area contributed by atoms with Gasteiger partial charge in [-0.1, -0.05) is 111 Å². The zero-order valence-electron chi connectivity index (χ0n) is 23.0. The molecule has 1 nitrogen and oxygen atoms in total. The maximum absolute atomic E-state index is 2.52. The molecule has 0 saturated heterocycles. The summed E-state index contributed by atoms with van der Waals surface area (Å²) in [6.07, 6.45) is 0. The van der Waals surface area contributed by atoms with Crippen molar-refractivity contribution in [1.82, 2.24) is 0 Å². The second kappa shape index (κ2) is 9.03. The highest BCUT2D eigenvalue weighted by Crippen LogP contribution is 2.51. The molecule has 0 atom stereocenters. The third-order valence-electron chi connectivity index (χ3n) is 7.93. The largest absolute Gasteiger partial charge is 0.336 e. The molecule has 188 valence electrons. The van der Waals surface area contributed by atoms with Gasteiger partial charge >= 0.3 is 0 Å². The van der Waals surface area contributed by atoms with E-state index < -0.39 is 0 Å². The Bertz CT molecular complexity index is 1600. The first-order valence-electron chi connectivity index (χ1n) is 13.5.